The van der Waals surface area contributed by atoms with Crippen LogP contribution >= 0.6 is 0 Å². The number of anilines is 1. The third-order valence-electron chi connectivity index (χ3n) is 4.85. The van der Waals surface area contributed by atoms with Crippen molar-refractivity contribution in [3.05, 3.63) is 65.4 Å². The quantitative estimate of drug-likeness (QED) is 0.630. The number of aliphatic hydroxyl groups is 2. The largest absolute Gasteiger partial charge is 0.505 e. The fraction of sp³-hybridized carbons (Fsp3) is 0.227. The average Bonchev–Trinajstić information content (AvgIpc) is 3.19. The number of aromatic nitrogens is 4. The molecule has 0 amide bonds. The predicted molar refractivity (Wildman–Crippen MR) is 115 cm³/mol. The molecular formula is C22H23N5O3. The lowest BCUT2D eigenvalue weighted by Gasteiger charge is -2.29. The van der Waals surface area contributed by atoms with Crippen molar-refractivity contribution in [3.8, 4) is 17.0 Å². The molecule has 0 fully saturated rings. The molecule has 0 radical (unpaired) electrons. The topological polar surface area (TPSA) is 96.5 Å². The second-order valence-electron chi connectivity index (χ2n) is 7.05. The van der Waals surface area contributed by atoms with E-state index in [4.69, 9.17) is 9.72 Å². The molecule has 30 heavy (non-hydrogen) atoms. The van der Waals surface area contributed by atoms with Gasteiger partial charge in [0.2, 0.25) is 0 Å². The van der Waals surface area contributed by atoms with Crippen LogP contribution < -0.4 is 9.64 Å². The fourth-order valence-corrected chi connectivity index (χ4v) is 3.44. The van der Waals surface area contributed by atoms with E-state index in [1.54, 1.807) is 41.2 Å². The molecule has 0 atom stereocenters. The van der Waals surface area contributed by atoms with Gasteiger partial charge in [-0.25, -0.2) is 4.98 Å². The van der Waals surface area contributed by atoms with Gasteiger partial charge in [-0.2, -0.15) is 5.10 Å². The third-order valence-corrected chi connectivity index (χ3v) is 4.85. The highest BCUT2D eigenvalue weighted by Gasteiger charge is 2.24. The van der Waals surface area contributed by atoms with Crippen molar-refractivity contribution in [3.63, 3.8) is 0 Å². The maximum atomic E-state index is 11.1. The van der Waals surface area contributed by atoms with E-state index in [0.29, 0.717) is 34.2 Å². The first-order valence-corrected chi connectivity index (χ1v) is 9.52. The van der Waals surface area contributed by atoms with Gasteiger partial charge >= 0.3 is 0 Å². The van der Waals surface area contributed by atoms with E-state index in [9.17, 15) is 10.2 Å². The lowest BCUT2D eigenvalue weighted by Crippen LogP contribution is -2.30. The van der Waals surface area contributed by atoms with Crippen LogP contribution in [0.2, 0.25) is 0 Å². The zero-order valence-electron chi connectivity index (χ0n) is 17.1. The second-order valence-corrected chi connectivity index (χ2v) is 7.05. The first-order chi connectivity index (χ1) is 14.5. The minimum absolute atomic E-state index is 0.0703. The van der Waals surface area contributed by atoms with Crippen molar-refractivity contribution < 1.29 is 14.9 Å². The standard InChI is InChI=1S/C22H23N5O3/c1-14-8-15(10-17(9-14)30-3)21(29)20-5-4-18-22(27(20)6-7-28)25-19(12-23-18)16-11-24-26(2)13-16/h4-5,8-13,28-29H,6-7H2,1-3H3/b21-20+. The Kier molecular flexibility index (Phi) is 5.24. The molecular weight excluding hydrogens is 382 g/mol. The molecule has 1 aliphatic heterocycles. The zero-order chi connectivity index (χ0) is 21.3. The minimum atomic E-state index is -0.111. The minimum Gasteiger partial charge on any atom is -0.505 e. The van der Waals surface area contributed by atoms with Crippen LogP contribution in [0.1, 0.15) is 16.8 Å². The first kappa shape index (κ1) is 19.7. The zero-order valence-corrected chi connectivity index (χ0v) is 17.1. The number of β-amino-alcohol motifs (C(OH)–C–C–N with tert-alkyl or cyclic N) is 1. The number of ether oxygens (including phenoxy) is 1. The molecule has 0 saturated heterocycles. The van der Waals surface area contributed by atoms with E-state index in [2.05, 4.69) is 10.1 Å². The average molecular weight is 405 g/mol. The van der Waals surface area contributed by atoms with Crippen LogP contribution in [0.5, 0.6) is 5.75 Å². The molecule has 2 N–H and O–H groups in total. The Labute approximate surface area is 174 Å². The number of benzene rings is 1. The van der Waals surface area contributed by atoms with Crippen molar-refractivity contribution in [2.24, 2.45) is 7.05 Å². The summed E-state index contributed by atoms with van der Waals surface area (Å²) in [6.07, 6.45) is 8.86. The third kappa shape index (κ3) is 3.65. The molecule has 2 aromatic heterocycles. The van der Waals surface area contributed by atoms with Crippen LogP contribution in [0.3, 0.4) is 0 Å². The van der Waals surface area contributed by atoms with Gasteiger partial charge in [-0.1, -0.05) is 0 Å². The van der Waals surface area contributed by atoms with E-state index in [0.717, 1.165) is 11.1 Å². The number of aliphatic hydroxyl groups excluding tert-OH is 2. The molecule has 1 aliphatic rings. The highest BCUT2D eigenvalue weighted by Crippen LogP contribution is 2.33. The Hall–Kier alpha value is -3.65. The summed E-state index contributed by atoms with van der Waals surface area (Å²) in [5.74, 6) is 1.29. The van der Waals surface area contributed by atoms with Gasteiger partial charge in [0.1, 0.15) is 17.2 Å². The number of allylic oxidation sites excluding steroid dienone is 1. The first-order valence-electron chi connectivity index (χ1n) is 9.52. The molecule has 3 heterocycles. The molecule has 0 aliphatic carbocycles. The number of aryl methyl sites for hydroxylation is 2. The molecule has 0 bridgehead atoms. The lowest BCUT2D eigenvalue weighted by molar-refractivity contribution is 0.304. The van der Waals surface area contributed by atoms with Crippen molar-refractivity contribution >= 4 is 17.7 Å². The highest BCUT2D eigenvalue weighted by molar-refractivity contribution is 5.80. The highest BCUT2D eigenvalue weighted by atomic mass is 16.5. The normalized spacial score (nSPS) is 14.6. The second kappa shape index (κ2) is 8.00. The van der Waals surface area contributed by atoms with E-state index < -0.39 is 0 Å². The molecule has 1 aromatic carbocycles. The Bertz CT molecular complexity index is 1150. The van der Waals surface area contributed by atoms with Crippen LogP contribution in [-0.2, 0) is 7.05 Å². The van der Waals surface area contributed by atoms with E-state index in [-0.39, 0.29) is 18.9 Å². The van der Waals surface area contributed by atoms with E-state index >= 15 is 0 Å². The van der Waals surface area contributed by atoms with Gasteiger partial charge in [-0.05, 0) is 42.8 Å². The van der Waals surface area contributed by atoms with Crippen LogP contribution in [0.15, 0.2) is 48.6 Å². The molecule has 154 valence electrons. The summed E-state index contributed by atoms with van der Waals surface area (Å²) in [4.78, 5) is 11.0. The Balaban J connectivity index is 1.83. The van der Waals surface area contributed by atoms with Crippen molar-refractivity contribution in [2.45, 2.75) is 6.92 Å². The summed E-state index contributed by atoms with van der Waals surface area (Å²) in [6.45, 7) is 2.08. The molecule has 3 aromatic rings. The molecule has 4 rings (SSSR count). The van der Waals surface area contributed by atoms with Gasteiger partial charge in [0.15, 0.2) is 5.82 Å². The smallest absolute Gasteiger partial charge is 0.159 e. The van der Waals surface area contributed by atoms with Crippen LogP contribution in [0.25, 0.3) is 23.1 Å². The maximum absolute atomic E-state index is 11.1. The Morgan fingerprint density at radius 2 is 2.00 bits per heavy atom. The summed E-state index contributed by atoms with van der Waals surface area (Å²) in [5, 5.41) is 25.0. The summed E-state index contributed by atoms with van der Waals surface area (Å²) in [5.41, 5.74) is 4.27. The van der Waals surface area contributed by atoms with Gasteiger partial charge in [-0.15, -0.1) is 0 Å². The summed E-state index contributed by atoms with van der Waals surface area (Å²) in [7, 11) is 3.43. The Morgan fingerprint density at radius 1 is 1.17 bits per heavy atom. The van der Waals surface area contributed by atoms with Crippen LogP contribution in [0, 0.1) is 6.92 Å². The molecule has 0 saturated carbocycles. The monoisotopic (exact) mass is 405 g/mol. The molecule has 0 spiro atoms. The molecule has 8 nitrogen and oxygen atoms in total. The van der Waals surface area contributed by atoms with E-state index in [1.807, 2.05) is 38.4 Å². The van der Waals surface area contributed by atoms with Gasteiger partial charge in [0.25, 0.3) is 0 Å². The summed E-state index contributed by atoms with van der Waals surface area (Å²) < 4.78 is 7.03. The van der Waals surface area contributed by atoms with Crippen molar-refractivity contribution in [2.75, 3.05) is 25.2 Å². The number of rotatable bonds is 5. The lowest BCUT2D eigenvalue weighted by atomic mass is 10.1. The van der Waals surface area contributed by atoms with Crippen molar-refractivity contribution in [1.82, 2.24) is 19.7 Å². The van der Waals surface area contributed by atoms with Crippen LogP contribution in [0.4, 0.5) is 5.82 Å². The number of hydrogen-bond donors (Lipinski definition) is 2. The number of hydrogen-bond acceptors (Lipinski definition) is 7. The van der Waals surface area contributed by atoms with Gasteiger partial charge in [-0.3, -0.25) is 9.67 Å². The van der Waals surface area contributed by atoms with Gasteiger partial charge in [0.05, 0.1) is 37.5 Å². The van der Waals surface area contributed by atoms with Crippen molar-refractivity contribution in [1.29, 1.82) is 0 Å². The fourth-order valence-electron chi connectivity index (χ4n) is 3.44. The number of fused-ring (bicyclic) bond motifs is 1. The van der Waals surface area contributed by atoms with Gasteiger partial charge in [0, 0.05) is 30.9 Å². The number of nitrogens with zero attached hydrogens (tertiary/aromatic N) is 5. The molecule has 0 unspecified atom stereocenters. The predicted octanol–water partition coefficient (Wildman–Crippen LogP) is 2.95. The molecule has 8 heteroatoms. The maximum Gasteiger partial charge on any atom is 0.159 e. The summed E-state index contributed by atoms with van der Waals surface area (Å²) >= 11 is 0. The number of methoxy groups -OCH3 is 1. The van der Waals surface area contributed by atoms with Crippen LogP contribution in [-0.4, -0.2) is 50.2 Å². The SMILES string of the molecule is COc1cc(C)cc(/C(O)=C2/C=Cc3ncc(-c4cnn(C)c4)nc3N2CCO)c1. The van der Waals surface area contributed by atoms with Gasteiger partial charge < -0.3 is 19.8 Å². The summed E-state index contributed by atoms with van der Waals surface area (Å²) in [6, 6.07) is 5.54. The Morgan fingerprint density at radius 3 is 2.70 bits per heavy atom. The van der Waals surface area contributed by atoms with E-state index in [1.165, 1.54) is 0 Å².